The van der Waals surface area contributed by atoms with Crippen LogP contribution in [0.25, 0.3) is 0 Å². The van der Waals surface area contributed by atoms with E-state index in [1.807, 2.05) is 6.92 Å². The second kappa shape index (κ2) is 2.92. The Labute approximate surface area is 46.7 Å². The molecule has 0 aliphatic carbocycles. The van der Waals surface area contributed by atoms with Gasteiger partial charge in [-0.25, -0.2) is 0 Å². The zero-order valence-electron chi connectivity index (χ0n) is 4.73. The molecule has 0 spiro atoms. The van der Waals surface area contributed by atoms with E-state index in [4.69, 9.17) is 0 Å². The lowest BCUT2D eigenvalue weighted by Gasteiger charge is -1.90. The summed E-state index contributed by atoms with van der Waals surface area (Å²) in [5.74, 6) is 0. The summed E-state index contributed by atoms with van der Waals surface area (Å²) < 4.78 is 0. The zero-order valence-corrected chi connectivity index (χ0v) is 5.89. The molecule has 1 nitrogen and oxygen atoms in total. The second-order valence-electron chi connectivity index (χ2n) is 1.39. The normalized spacial score (nSPS) is 11.6. The lowest BCUT2D eigenvalue weighted by molar-refractivity contribution is 1.44. The summed E-state index contributed by atoms with van der Waals surface area (Å²) in [7, 11) is 4.25. The number of nitrogens with zero attached hydrogens (tertiary/aromatic N) is 1. The van der Waals surface area contributed by atoms with Gasteiger partial charge in [0.25, 0.3) is 0 Å². The van der Waals surface area contributed by atoms with Crippen molar-refractivity contribution in [1.29, 1.82) is 0 Å². The van der Waals surface area contributed by atoms with Gasteiger partial charge in [-0.3, -0.25) is 4.99 Å². The van der Waals surface area contributed by atoms with Crippen LogP contribution in [0.15, 0.2) is 17.1 Å². The van der Waals surface area contributed by atoms with E-state index in [0.29, 0.717) is 0 Å². The number of rotatable bonds is 1. The van der Waals surface area contributed by atoms with E-state index >= 15 is 0 Å². The average molecular weight is 115 g/mol. The Hall–Kier alpha value is -0.160. The minimum Gasteiger partial charge on any atom is -0.289 e. The van der Waals surface area contributed by atoms with E-state index in [1.54, 1.807) is 7.05 Å². The van der Waals surface area contributed by atoms with Crippen molar-refractivity contribution >= 4 is 14.7 Å². The first-order valence-corrected chi connectivity index (χ1v) is 2.64. The molecule has 0 amide bonds. The third kappa shape index (κ3) is 2.52. The monoisotopic (exact) mass is 115 g/mol. The predicted octanol–water partition coefficient (Wildman–Crippen LogP) is 1.47. The Bertz CT molecular complexity index is 105. The lowest BCUT2D eigenvalue weighted by Crippen LogP contribution is -1.83. The summed E-state index contributed by atoms with van der Waals surface area (Å²) in [4.78, 5) is 3.87. The van der Waals surface area contributed by atoms with Crippen molar-refractivity contribution in [3.8, 4) is 0 Å². The molecule has 0 heterocycles. The molecule has 0 aromatic heterocycles. The summed E-state index contributed by atoms with van der Waals surface area (Å²) in [6.45, 7) is 5.60. The molecule has 7 heavy (non-hydrogen) atoms. The fraction of sp³-hybridized carbons (Fsp3) is 0.400. The SMILES string of the molecule is C=C(C)/C(P)=N\C. The van der Waals surface area contributed by atoms with E-state index < -0.39 is 0 Å². The summed E-state index contributed by atoms with van der Waals surface area (Å²) in [6, 6.07) is 0. The largest absolute Gasteiger partial charge is 0.289 e. The molecule has 2 heteroatoms. The molecule has 0 aliphatic heterocycles. The van der Waals surface area contributed by atoms with Gasteiger partial charge in [-0.05, 0) is 12.5 Å². The maximum atomic E-state index is 3.87. The van der Waals surface area contributed by atoms with Crippen LogP contribution in [0.1, 0.15) is 6.92 Å². The van der Waals surface area contributed by atoms with E-state index in [1.165, 1.54) is 0 Å². The van der Waals surface area contributed by atoms with Crippen LogP contribution < -0.4 is 0 Å². The van der Waals surface area contributed by atoms with Gasteiger partial charge in [-0.1, -0.05) is 15.8 Å². The molecule has 0 bridgehead atoms. The Morgan fingerprint density at radius 3 is 2.14 bits per heavy atom. The van der Waals surface area contributed by atoms with Crippen LogP contribution in [-0.4, -0.2) is 12.5 Å². The van der Waals surface area contributed by atoms with Gasteiger partial charge < -0.3 is 0 Å². The van der Waals surface area contributed by atoms with E-state index in [-0.39, 0.29) is 0 Å². The standard InChI is InChI=1S/C5H10NP/c1-4(2)5(7)6-3/h1,7H2,2-3H3/b6-5+. The summed E-state index contributed by atoms with van der Waals surface area (Å²) >= 11 is 0. The molecule has 0 rings (SSSR count). The van der Waals surface area contributed by atoms with Crippen LogP contribution in [0.5, 0.6) is 0 Å². The Kier molecular flexibility index (Phi) is 2.86. The third-order valence-corrected chi connectivity index (χ3v) is 1.43. The molecular formula is C5H10NP. The first kappa shape index (κ1) is 6.84. The summed E-state index contributed by atoms with van der Waals surface area (Å²) in [5, 5.41) is 0. The maximum absolute atomic E-state index is 3.87. The van der Waals surface area contributed by atoms with E-state index in [2.05, 4.69) is 20.8 Å². The van der Waals surface area contributed by atoms with Gasteiger partial charge >= 0.3 is 0 Å². The highest BCUT2D eigenvalue weighted by atomic mass is 31.0. The van der Waals surface area contributed by atoms with Gasteiger partial charge in [-0.2, -0.15) is 0 Å². The molecule has 1 unspecified atom stereocenters. The highest BCUT2D eigenvalue weighted by Gasteiger charge is 1.83. The lowest BCUT2D eigenvalue weighted by atomic mass is 10.4. The van der Waals surface area contributed by atoms with Gasteiger partial charge in [0.2, 0.25) is 0 Å². The van der Waals surface area contributed by atoms with Crippen LogP contribution in [0.2, 0.25) is 0 Å². The summed E-state index contributed by atoms with van der Waals surface area (Å²) in [5.41, 5.74) is 1.95. The molecule has 0 fully saturated rings. The maximum Gasteiger partial charge on any atom is 0.0533 e. The van der Waals surface area contributed by atoms with Crippen LogP contribution in [0.4, 0.5) is 0 Å². The van der Waals surface area contributed by atoms with Crippen molar-refractivity contribution in [1.82, 2.24) is 0 Å². The highest BCUT2D eigenvalue weighted by molar-refractivity contribution is 7.41. The minimum absolute atomic E-state index is 0.944. The molecule has 0 N–H and O–H groups in total. The van der Waals surface area contributed by atoms with Crippen molar-refractivity contribution in [2.75, 3.05) is 7.05 Å². The van der Waals surface area contributed by atoms with Crippen LogP contribution in [0, 0.1) is 0 Å². The number of aliphatic imine (C=N–C) groups is 1. The van der Waals surface area contributed by atoms with Crippen molar-refractivity contribution in [3.05, 3.63) is 12.2 Å². The molecule has 0 aromatic carbocycles. The topological polar surface area (TPSA) is 12.4 Å². The van der Waals surface area contributed by atoms with Crippen molar-refractivity contribution in [2.24, 2.45) is 4.99 Å². The van der Waals surface area contributed by atoms with Gasteiger partial charge in [0.1, 0.15) is 0 Å². The van der Waals surface area contributed by atoms with Gasteiger partial charge in [-0.15, -0.1) is 0 Å². The fourth-order valence-electron chi connectivity index (χ4n) is 0.191. The third-order valence-electron chi connectivity index (χ3n) is 0.678. The Balaban J connectivity index is 3.82. The quantitative estimate of drug-likeness (QED) is 0.362. The van der Waals surface area contributed by atoms with E-state index in [9.17, 15) is 0 Å². The van der Waals surface area contributed by atoms with Crippen molar-refractivity contribution in [2.45, 2.75) is 6.92 Å². The molecule has 0 aromatic rings. The predicted molar refractivity (Wildman–Crippen MR) is 37.9 cm³/mol. The minimum atomic E-state index is 0.944. The number of allylic oxidation sites excluding steroid dienone is 1. The number of hydrogen-bond acceptors (Lipinski definition) is 1. The fourth-order valence-corrected chi connectivity index (χ4v) is 0.191. The molecule has 0 saturated carbocycles. The molecule has 0 radical (unpaired) electrons. The second-order valence-corrected chi connectivity index (χ2v) is 1.94. The number of hydrogen-bond donors (Lipinski definition) is 0. The molecule has 0 saturated heterocycles. The van der Waals surface area contributed by atoms with Gasteiger partial charge in [0.15, 0.2) is 0 Å². The van der Waals surface area contributed by atoms with Crippen LogP contribution in [-0.2, 0) is 0 Å². The van der Waals surface area contributed by atoms with Gasteiger partial charge in [0.05, 0.1) is 5.45 Å². The van der Waals surface area contributed by atoms with Crippen LogP contribution >= 0.6 is 9.24 Å². The average Bonchev–Trinajstić information content (AvgIpc) is 1.65. The smallest absolute Gasteiger partial charge is 0.0533 e. The van der Waals surface area contributed by atoms with Gasteiger partial charge in [0, 0.05) is 7.05 Å². The zero-order chi connectivity index (χ0) is 5.86. The van der Waals surface area contributed by atoms with Crippen molar-refractivity contribution in [3.63, 3.8) is 0 Å². The van der Waals surface area contributed by atoms with Crippen LogP contribution in [0.3, 0.4) is 0 Å². The first-order chi connectivity index (χ1) is 3.18. The molecule has 40 valence electrons. The molecule has 1 atom stereocenters. The molecule has 0 aliphatic rings. The highest BCUT2D eigenvalue weighted by Crippen LogP contribution is 1.98. The Morgan fingerprint density at radius 2 is 2.14 bits per heavy atom. The van der Waals surface area contributed by atoms with Crippen molar-refractivity contribution < 1.29 is 0 Å². The van der Waals surface area contributed by atoms with E-state index in [0.717, 1.165) is 11.0 Å². The summed E-state index contributed by atoms with van der Waals surface area (Å²) in [6.07, 6.45) is 0. The first-order valence-electron chi connectivity index (χ1n) is 2.06. The Morgan fingerprint density at radius 1 is 1.71 bits per heavy atom. The molecular weight excluding hydrogens is 105 g/mol.